The number of hydroxylamine groups is 2. The average molecular weight is 380 g/mol. The van der Waals surface area contributed by atoms with Gasteiger partial charge in [-0.05, 0) is 42.0 Å². The second-order valence-corrected chi connectivity index (χ2v) is 6.81. The molecule has 0 radical (unpaired) electrons. The molecule has 0 unspecified atom stereocenters. The van der Waals surface area contributed by atoms with Crippen molar-refractivity contribution in [2.45, 2.75) is 16.5 Å². The molecule has 1 amide bonds. The monoisotopic (exact) mass is 380 g/mol. The van der Waals surface area contributed by atoms with Crippen LogP contribution in [0.25, 0.3) is 0 Å². The molecule has 3 aromatic rings. The summed E-state index contributed by atoms with van der Waals surface area (Å²) in [7, 11) is 3.01. The smallest absolute Gasteiger partial charge is 0.278 e. The van der Waals surface area contributed by atoms with Gasteiger partial charge in [-0.25, -0.2) is 10.0 Å². The van der Waals surface area contributed by atoms with E-state index >= 15 is 0 Å². The lowest BCUT2D eigenvalue weighted by atomic mass is 10.2. The maximum atomic E-state index is 12.0. The third-order valence-corrected chi connectivity index (χ3v) is 4.80. The normalized spacial score (nSPS) is 10.4. The number of carbonyl (C=O) groups is 1. The molecule has 0 saturated carbocycles. The number of carbonyl (C=O) groups excluding carboxylic acids is 1. The van der Waals surface area contributed by atoms with Gasteiger partial charge in [0.05, 0.1) is 12.7 Å². The van der Waals surface area contributed by atoms with E-state index in [9.17, 15) is 4.79 Å². The van der Waals surface area contributed by atoms with E-state index in [0.29, 0.717) is 12.2 Å². The number of rotatable bonds is 7. The van der Waals surface area contributed by atoms with Crippen LogP contribution in [0.4, 0.5) is 0 Å². The van der Waals surface area contributed by atoms with Gasteiger partial charge in [0.25, 0.3) is 5.91 Å². The lowest BCUT2D eigenvalue weighted by Crippen LogP contribution is -2.25. The van der Waals surface area contributed by atoms with Crippen molar-refractivity contribution in [3.63, 3.8) is 0 Å². The summed E-state index contributed by atoms with van der Waals surface area (Å²) in [6.07, 6.45) is 1.55. The molecule has 0 atom stereocenters. The molecule has 0 fully saturated rings. The number of ether oxygens (including phenoxy) is 1. The number of pyridine rings is 1. The van der Waals surface area contributed by atoms with E-state index in [0.717, 1.165) is 26.3 Å². The summed E-state index contributed by atoms with van der Waals surface area (Å²) in [5.74, 6) is 0.584. The topological polar surface area (TPSA) is 51.7 Å². The minimum Gasteiger partial charge on any atom is -0.489 e. The molecule has 27 heavy (non-hydrogen) atoms. The third-order valence-electron chi connectivity index (χ3n) is 3.84. The van der Waals surface area contributed by atoms with Crippen molar-refractivity contribution in [1.29, 1.82) is 0 Å². The Balaban J connectivity index is 1.57. The van der Waals surface area contributed by atoms with Crippen LogP contribution in [0.1, 0.15) is 15.9 Å². The first-order valence-corrected chi connectivity index (χ1v) is 9.20. The lowest BCUT2D eigenvalue weighted by molar-refractivity contribution is -0.0757. The molecule has 0 aliphatic rings. The number of benzene rings is 2. The number of aromatic nitrogens is 1. The molecule has 2 aromatic carbocycles. The highest BCUT2D eigenvalue weighted by atomic mass is 32.2. The van der Waals surface area contributed by atoms with Gasteiger partial charge in [-0.15, -0.1) is 0 Å². The van der Waals surface area contributed by atoms with Crippen LogP contribution in [0.3, 0.4) is 0 Å². The molecule has 1 heterocycles. The molecular weight excluding hydrogens is 360 g/mol. The Bertz CT molecular complexity index is 868. The number of hydrogen-bond donors (Lipinski definition) is 0. The van der Waals surface area contributed by atoms with Gasteiger partial charge < -0.3 is 4.74 Å². The van der Waals surface area contributed by atoms with Crippen molar-refractivity contribution in [1.82, 2.24) is 10.0 Å². The molecule has 0 aliphatic heterocycles. The summed E-state index contributed by atoms with van der Waals surface area (Å²) < 4.78 is 5.79. The fraction of sp³-hybridized carbons (Fsp3) is 0.143. The summed E-state index contributed by atoms with van der Waals surface area (Å²) in [5, 5.41) is 1.97. The van der Waals surface area contributed by atoms with Crippen LogP contribution in [0, 0.1) is 0 Å². The van der Waals surface area contributed by atoms with E-state index < -0.39 is 0 Å². The maximum absolute atomic E-state index is 12.0. The quantitative estimate of drug-likeness (QED) is 0.567. The second kappa shape index (κ2) is 9.21. The van der Waals surface area contributed by atoms with Crippen molar-refractivity contribution in [2.24, 2.45) is 0 Å². The van der Waals surface area contributed by atoms with Crippen molar-refractivity contribution in [3.05, 3.63) is 84.1 Å². The Labute approximate surface area is 162 Å². The van der Waals surface area contributed by atoms with Crippen molar-refractivity contribution in [3.8, 4) is 5.75 Å². The zero-order valence-electron chi connectivity index (χ0n) is 15.2. The maximum Gasteiger partial charge on any atom is 0.278 e. The molecule has 1 aromatic heterocycles. The number of nitrogens with zero attached hydrogens (tertiary/aromatic N) is 2. The van der Waals surface area contributed by atoms with E-state index in [4.69, 9.17) is 9.57 Å². The number of amides is 1. The minimum absolute atomic E-state index is 0.235. The van der Waals surface area contributed by atoms with Crippen molar-refractivity contribution < 1.29 is 14.4 Å². The Morgan fingerprint density at radius 3 is 2.41 bits per heavy atom. The standard InChI is InChI=1S/C21H20N2O3S/c1-23(25-2)21(24)17-8-13-20(22-14-17)27-19-11-9-18(10-12-19)26-15-16-6-4-3-5-7-16/h3-14H,15H2,1-2H3. The zero-order valence-corrected chi connectivity index (χ0v) is 16.0. The molecule has 0 spiro atoms. The Morgan fingerprint density at radius 1 is 1.04 bits per heavy atom. The molecule has 3 rings (SSSR count). The first-order chi connectivity index (χ1) is 13.2. The summed E-state index contributed by atoms with van der Waals surface area (Å²) in [4.78, 5) is 22.3. The summed E-state index contributed by atoms with van der Waals surface area (Å²) in [6, 6.07) is 21.5. The van der Waals surface area contributed by atoms with Gasteiger partial charge in [-0.3, -0.25) is 9.63 Å². The molecule has 5 nitrogen and oxygen atoms in total. The predicted molar refractivity (Wildman–Crippen MR) is 105 cm³/mol. The molecule has 138 valence electrons. The van der Waals surface area contributed by atoms with Crippen LogP contribution in [-0.2, 0) is 11.4 Å². The molecule has 0 saturated heterocycles. The number of hydrogen-bond acceptors (Lipinski definition) is 5. The molecule has 0 aliphatic carbocycles. The highest BCUT2D eigenvalue weighted by Crippen LogP contribution is 2.28. The van der Waals surface area contributed by atoms with Gasteiger partial charge in [0.2, 0.25) is 0 Å². The molecule has 0 bridgehead atoms. The third kappa shape index (κ3) is 5.32. The summed E-state index contributed by atoms with van der Waals surface area (Å²) in [6.45, 7) is 0.542. The zero-order chi connectivity index (χ0) is 19.1. The van der Waals surface area contributed by atoms with Crippen LogP contribution in [0.2, 0.25) is 0 Å². The summed E-state index contributed by atoms with van der Waals surface area (Å²) >= 11 is 1.52. The second-order valence-electron chi connectivity index (χ2n) is 5.72. The van der Waals surface area contributed by atoms with Gasteiger partial charge in [-0.1, -0.05) is 42.1 Å². The van der Waals surface area contributed by atoms with Crippen LogP contribution in [0.5, 0.6) is 5.75 Å². The van der Waals surface area contributed by atoms with Crippen molar-refractivity contribution in [2.75, 3.05) is 14.2 Å². The molecule has 6 heteroatoms. The van der Waals surface area contributed by atoms with E-state index in [2.05, 4.69) is 4.98 Å². The summed E-state index contributed by atoms with van der Waals surface area (Å²) in [5.41, 5.74) is 1.61. The van der Waals surface area contributed by atoms with Crippen LogP contribution < -0.4 is 4.74 Å². The van der Waals surface area contributed by atoms with E-state index in [1.54, 1.807) is 19.3 Å². The van der Waals surface area contributed by atoms with Crippen LogP contribution in [-0.4, -0.2) is 30.1 Å². The highest BCUT2D eigenvalue weighted by Gasteiger charge is 2.11. The Hall–Kier alpha value is -2.83. The average Bonchev–Trinajstić information content (AvgIpc) is 2.73. The first-order valence-electron chi connectivity index (χ1n) is 8.38. The van der Waals surface area contributed by atoms with E-state index in [1.807, 2.05) is 60.7 Å². The predicted octanol–water partition coefficient (Wildman–Crippen LogP) is 4.45. The van der Waals surface area contributed by atoms with Gasteiger partial charge in [0.15, 0.2) is 0 Å². The Kier molecular flexibility index (Phi) is 6.46. The largest absolute Gasteiger partial charge is 0.489 e. The van der Waals surface area contributed by atoms with Crippen LogP contribution >= 0.6 is 11.8 Å². The fourth-order valence-corrected chi connectivity index (χ4v) is 3.05. The van der Waals surface area contributed by atoms with Crippen molar-refractivity contribution >= 4 is 17.7 Å². The van der Waals surface area contributed by atoms with E-state index in [-0.39, 0.29) is 5.91 Å². The Morgan fingerprint density at radius 2 is 1.78 bits per heavy atom. The first kappa shape index (κ1) is 18.9. The van der Waals surface area contributed by atoms with Gasteiger partial charge in [0, 0.05) is 18.1 Å². The fourth-order valence-electron chi connectivity index (χ4n) is 2.30. The molecule has 0 N–H and O–H groups in total. The SMILES string of the molecule is CON(C)C(=O)c1ccc(Sc2ccc(OCc3ccccc3)cc2)nc1. The molecular formula is C21H20N2O3S. The van der Waals surface area contributed by atoms with Gasteiger partial charge in [-0.2, -0.15) is 0 Å². The lowest BCUT2D eigenvalue weighted by Gasteiger charge is -2.13. The minimum atomic E-state index is -0.235. The highest BCUT2D eigenvalue weighted by molar-refractivity contribution is 7.99. The van der Waals surface area contributed by atoms with Crippen LogP contribution in [0.15, 0.2) is 82.8 Å². The van der Waals surface area contributed by atoms with Gasteiger partial charge in [0.1, 0.15) is 17.4 Å². The van der Waals surface area contributed by atoms with E-state index in [1.165, 1.54) is 18.9 Å². The van der Waals surface area contributed by atoms with Gasteiger partial charge >= 0.3 is 0 Å².